The molecule has 88 valence electrons. The summed E-state index contributed by atoms with van der Waals surface area (Å²) < 4.78 is 18.7. The van der Waals surface area contributed by atoms with Gasteiger partial charge in [-0.3, -0.25) is 0 Å². The van der Waals surface area contributed by atoms with E-state index >= 15 is 0 Å². The maximum absolute atomic E-state index is 13.6. The van der Waals surface area contributed by atoms with Crippen molar-refractivity contribution < 1.29 is 9.13 Å². The Labute approximate surface area is 98.3 Å². The molecule has 0 amide bonds. The summed E-state index contributed by atoms with van der Waals surface area (Å²) in [4.78, 5) is 8.04. The minimum absolute atomic E-state index is 0.228. The molecular formula is C12H12FN3O. The topological polar surface area (TPSA) is 61.0 Å². The average molecular weight is 233 g/mol. The van der Waals surface area contributed by atoms with Gasteiger partial charge in [0.05, 0.1) is 24.7 Å². The fraction of sp³-hybridized carbons (Fsp3) is 0.167. The number of benzene rings is 1. The first-order valence-electron chi connectivity index (χ1n) is 5.21. The largest absolute Gasteiger partial charge is 0.491 e. The van der Waals surface area contributed by atoms with Crippen LogP contribution >= 0.6 is 0 Å². The Bertz CT molecular complexity index is 514. The first-order valence-corrected chi connectivity index (χ1v) is 5.21. The summed E-state index contributed by atoms with van der Waals surface area (Å²) in [5, 5.41) is 0. The lowest BCUT2D eigenvalue weighted by atomic mass is 10.2. The van der Waals surface area contributed by atoms with E-state index < -0.39 is 5.82 Å². The number of nitrogen functional groups attached to an aromatic ring is 1. The number of ether oxygens (including phenoxy) is 1. The molecule has 1 aromatic heterocycles. The molecule has 0 atom stereocenters. The summed E-state index contributed by atoms with van der Waals surface area (Å²) in [5.41, 5.74) is 6.54. The predicted octanol–water partition coefficient (Wildman–Crippen LogP) is 2.26. The molecular weight excluding hydrogens is 221 g/mol. The molecule has 0 unspecified atom stereocenters. The van der Waals surface area contributed by atoms with E-state index in [4.69, 9.17) is 10.5 Å². The summed E-state index contributed by atoms with van der Waals surface area (Å²) >= 11 is 0. The van der Waals surface area contributed by atoms with Gasteiger partial charge >= 0.3 is 0 Å². The molecule has 0 saturated carbocycles. The van der Waals surface area contributed by atoms with Crippen LogP contribution in [-0.4, -0.2) is 16.6 Å². The summed E-state index contributed by atoms with van der Waals surface area (Å²) in [6, 6.07) is 4.62. The van der Waals surface area contributed by atoms with Gasteiger partial charge in [0.1, 0.15) is 0 Å². The molecule has 0 spiro atoms. The zero-order chi connectivity index (χ0) is 12.3. The lowest BCUT2D eigenvalue weighted by Crippen LogP contribution is -1.96. The van der Waals surface area contributed by atoms with Crippen molar-refractivity contribution in [2.75, 3.05) is 12.3 Å². The van der Waals surface area contributed by atoms with Crippen molar-refractivity contribution in [1.29, 1.82) is 0 Å². The van der Waals surface area contributed by atoms with Crippen LogP contribution in [0, 0.1) is 5.82 Å². The van der Waals surface area contributed by atoms with Crippen molar-refractivity contribution >= 4 is 5.69 Å². The van der Waals surface area contributed by atoms with E-state index in [2.05, 4.69) is 9.97 Å². The Morgan fingerprint density at radius 2 is 2.00 bits per heavy atom. The number of rotatable bonds is 3. The maximum Gasteiger partial charge on any atom is 0.165 e. The van der Waals surface area contributed by atoms with E-state index in [9.17, 15) is 4.39 Å². The molecule has 5 heteroatoms. The monoisotopic (exact) mass is 233 g/mol. The number of anilines is 1. The van der Waals surface area contributed by atoms with Crippen molar-refractivity contribution in [3.63, 3.8) is 0 Å². The Hall–Kier alpha value is -2.17. The second-order valence-electron chi connectivity index (χ2n) is 3.42. The lowest BCUT2D eigenvalue weighted by molar-refractivity contribution is 0.321. The molecule has 0 saturated heterocycles. The third kappa shape index (κ3) is 2.50. The number of halogens is 1. The quantitative estimate of drug-likeness (QED) is 0.883. The van der Waals surface area contributed by atoms with Gasteiger partial charge in [0.25, 0.3) is 0 Å². The van der Waals surface area contributed by atoms with Crippen molar-refractivity contribution in [2.45, 2.75) is 6.92 Å². The molecule has 1 heterocycles. The lowest BCUT2D eigenvalue weighted by Gasteiger charge is -2.06. The number of aromatic nitrogens is 2. The summed E-state index contributed by atoms with van der Waals surface area (Å²) in [6.07, 6.45) is 2.97. The van der Waals surface area contributed by atoms with Gasteiger partial charge in [0.2, 0.25) is 0 Å². The van der Waals surface area contributed by atoms with Crippen LogP contribution < -0.4 is 10.5 Å². The number of nitrogens with two attached hydrogens (primary N) is 1. The maximum atomic E-state index is 13.6. The van der Waals surface area contributed by atoms with Gasteiger partial charge in [-0.25, -0.2) is 14.4 Å². The summed E-state index contributed by atoms with van der Waals surface area (Å²) in [7, 11) is 0. The number of hydrogen-bond donors (Lipinski definition) is 1. The van der Waals surface area contributed by atoms with Crippen LogP contribution in [0.15, 0.2) is 30.6 Å². The Morgan fingerprint density at radius 3 is 2.59 bits per heavy atom. The van der Waals surface area contributed by atoms with Crippen LogP contribution in [0.3, 0.4) is 0 Å². The first kappa shape index (κ1) is 11.3. The van der Waals surface area contributed by atoms with Gasteiger partial charge in [0.15, 0.2) is 17.4 Å². The molecule has 1 aromatic carbocycles. The minimum Gasteiger partial charge on any atom is -0.491 e. The van der Waals surface area contributed by atoms with E-state index in [1.165, 1.54) is 18.5 Å². The van der Waals surface area contributed by atoms with Crippen LogP contribution in [0.4, 0.5) is 10.1 Å². The third-order valence-corrected chi connectivity index (χ3v) is 2.16. The SMILES string of the molecule is CCOc1ccc(-c2ncc(N)cn2)cc1F. The normalized spacial score (nSPS) is 10.2. The number of nitrogens with zero attached hydrogens (tertiary/aromatic N) is 2. The molecule has 2 aromatic rings. The smallest absolute Gasteiger partial charge is 0.165 e. The molecule has 0 bridgehead atoms. The molecule has 0 fully saturated rings. The van der Waals surface area contributed by atoms with Gasteiger partial charge in [-0.2, -0.15) is 0 Å². The van der Waals surface area contributed by atoms with Crippen LogP contribution in [0.5, 0.6) is 5.75 Å². The van der Waals surface area contributed by atoms with Crippen molar-refractivity contribution in [3.8, 4) is 17.1 Å². The highest BCUT2D eigenvalue weighted by atomic mass is 19.1. The zero-order valence-electron chi connectivity index (χ0n) is 9.35. The van der Waals surface area contributed by atoms with Crippen molar-refractivity contribution in [3.05, 3.63) is 36.4 Å². The van der Waals surface area contributed by atoms with Gasteiger partial charge < -0.3 is 10.5 Å². The zero-order valence-corrected chi connectivity index (χ0v) is 9.35. The fourth-order valence-electron chi connectivity index (χ4n) is 1.40. The highest BCUT2D eigenvalue weighted by Gasteiger charge is 2.07. The predicted molar refractivity (Wildman–Crippen MR) is 63.0 cm³/mol. The van der Waals surface area contributed by atoms with E-state index in [1.807, 2.05) is 0 Å². The van der Waals surface area contributed by atoms with Crippen molar-refractivity contribution in [2.24, 2.45) is 0 Å². The molecule has 0 aliphatic carbocycles. The standard InChI is InChI=1S/C12H12FN3O/c1-2-17-11-4-3-8(5-10(11)13)12-15-6-9(14)7-16-12/h3-7H,2,14H2,1H3. The van der Waals surface area contributed by atoms with Gasteiger partial charge in [-0.15, -0.1) is 0 Å². The van der Waals surface area contributed by atoms with Crippen LogP contribution in [-0.2, 0) is 0 Å². The summed E-state index contributed by atoms with van der Waals surface area (Å²) in [5.74, 6) is 0.234. The summed E-state index contributed by atoms with van der Waals surface area (Å²) in [6.45, 7) is 2.23. The molecule has 0 aliphatic heterocycles. The Balaban J connectivity index is 2.34. The van der Waals surface area contributed by atoms with Crippen molar-refractivity contribution in [1.82, 2.24) is 9.97 Å². The van der Waals surface area contributed by atoms with Gasteiger partial charge in [-0.1, -0.05) is 0 Å². The minimum atomic E-state index is -0.426. The molecule has 17 heavy (non-hydrogen) atoms. The molecule has 0 aliphatic rings. The molecule has 4 nitrogen and oxygen atoms in total. The van der Waals surface area contributed by atoms with Crippen LogP contribution in [0.25, 0.3) is 11.4 Å². The second-order valence-corrected chi connectivity index (χ2v) is 3.42. The second kappa shape index (κ2) is 4.78. The fourth-order valence-corrected chi connectivity index (χ4v) is 1.40. The Kier molecular flexibility index (Phi) is 3.18. The molecule has 2 N–H and O–H groups in total. The van der Waals surface area contributed by atoms with E-state index in [1.54, 1.807) is 19.1 Å². The van der Waals surface area contributed by atoms with Gasteiger partial charge in [-0.05, 0) is 25.1 Å². The highest BCUT2D eigenvalue weighted by molar-refractivity contribution is 5.57. The highest BCUT2D eigenvalue weighted by Crippen LogP contribution is 2.23. The average Bonchev–Trinajstić information content (AvgIpc) is 2.33. The van der Waals surface area contributed by atoms with Gasteiger partial charge in [0, 0.05) is 5.56 Å². The number of hydrogen-bond acceptors (Lipinski definition) is 4. The first-order chi connectivity index (χ1) is 8.20. The molecule has 0 radical (unpaired) electrons. The van der Waals surface area contributed by atoms with E-state index in [0.717, 1.165) is 0 Å². The van der Waals surface area contributed by atoms with E-state index in [-0.39, 0.29) is 5.75 Å². The van der Waals surface area contributed by atoms with Crippen LogP contribution in [0.2, 0.25) is 0 Å². The third-order valence-electron chi connectivity index (χ3n) is 2.16. The van der Waals surface area contributed by atoms with Crippen LogP contribution in [0.1, 0.15) is 6.92 Å². The Morgan fingerprint density at radius 1 is 1.29 bits per heavy atom. The van der Waals surface area contributed by atoms with E-state index in [0.29, 0.717) is 23.7 Å². The molecule has 2 rings (SSSR count).